The molecule has 0 bridgehead atoms. The van der Waals surface area contributed by atoms with Gasteiger partial charge in [0, 0.05) is 6.04 Å². The zero-order chi connectivity index (χ0) is 17.9. The summed E-state index contributed by atoms with van der Waals surface area (Å²) in [7, 11) is 2.02. The smallest absolute Gasteiger partial charge is 0.0942 e. The molecular weight excluding hydrogens is 298 g/mol. The van der Waals surface area contributed by atoms with Gasteiger partial charge in [0.2, 0.25) is 0 Å². The van der Waals surface area contributed by atoms with Crippen LogP contribution in [0.4, 0.5) is 0 Å². The molecule has 0 heterocycles. The second kappa shape index (κ2) is 11.0. The first-order valence-electron chi connectivity index (χ1n) is 8.67. The van der Waals surface area contributed by atoms with E-state index in [1.807, 2.05) is 81.6 Å². The van der Waals surface area contributed by atoms with Gasteiger partial charge < -0.3 is 15.1 Å². The first-order chi connectivity index (χ1) is 11.5. The zero-order valence-electron chi connectivity index (χ0n) is 15.3. The maximum absolute atomic E-state index is 10.0. The van der Waals surface area contributed by atoms with Crippen LogP contribution in [-0.4, -0.2) is 34.7 Å². The second-order valence-electron chi connectivity index (χ2n) is 6.00. The zero-order valence-corrected chi connectivity index (χ0v) is 15.3. The van der Waals surface area contributed by atoms with E-state index < -0.39 is 6.10 Å². The molecule has 0 aliphatic carbocycles. The average molecular weight is 329 g/mol. The van der Waals surface area contributed by atoms with Crippen molar-refractivity contribution >= 4 is 0 Å². The van der Waals surface area contributed by atoms with Crippen LogP contribution in [0, 0.1) is 0 Å². The largest absolute Gasteiger partial charge is 0.388 e. The molecule has 2 N–H and O–H groups in total. The van der Waals surface area contributed by atoms with E-state index in [9.17, 15) is 10.2 Å². The third kappa shape index (κ3) is 6.44. The highest BCUT2D eigenvalue weighted by Crippen LogP contribution is 2.19. The molecule has 24 heavy (non-hydrogen) atoms. The van der Waals surface area contributed by atoms with E-state index in [-0.39, 0.29) is 12.1 Å². The fourth-order valence-electron chi connectivity index (χ4n) is 2.37. The summed E-state index contributed by atoms with van der Waals surface area (Å²) in [6, 6.07) is 19.7. The fraction of sp³-hybridized carbons (Fsp3) is 0.429. The van der Waals surface area contributed by atoms with Crippen molar-refractivity contribution in [1.82, 2.24) is 4.90 Å². The van der Waals surface area contributed by atoms with Gasteiger partial charge in [0.1, 0.15) is 0 Å². The minimum atomic E-state index is -0.402. The van der Waals surface area contributed by atoms with Gasteiger partial charge in [0.15, 0.2) is 0 Å². The van der Waals surface area contributed by atoms with Crippen molar-refractivity contribution in [1.29, 1.82) is 0 Å². The molecule has 0 saturated heterocycles. The van der Waals surface area contributed by atoms with Crippen LogP contribution in [0.5, 0.6) is 0 Å². The summed E-state index contributed by atoms with van der Waals surface area (Å²) in [4.78, 5) is 2.14. The monoisotopic (exact) mass is 329 g/mol. The highest BCUT2D eigenvalue weighted by atomic mass is 16.3. The lowest BCUT2D eigenvalue weighted by molar-refractivity contribution is 0.0755. The summed E-state index contributed by atoms with van der Waals surface area (Å²) in [5.41, 5.74) is 1.99. The first-order valence-corrected chi connectivity index (χ1v) is 8.67. The van der Waals surface area contributed by atoms with Crippen molar-refractivity contribution in [3.8, 4) is 0 Å². The van der Waals surface area contributed by atoms with Gasteiger partial charge in [0.25, 0.3) is 0 Å². The van der Waals surface area contributed by atoms with Gasteiger partial charge in [-0.15, -0.1) is 0 Å². The molecule has 0 aromatic heterocycles. The quantitative estimate of drug-likeness (QED) is 0.835. The topological polar surface area (TPSA) is 43.7 Å². The van der Waals surface area contributed by atoms with Gasteiger partial charge in [-0.3, -0.25) is 0 Å². The third-order valence-corrected chi connectivity index (χ3v) is 4.36. The van der Waals surface area contributed by atoms with Crippen LogP contribution >= 0.6 is 0 Å². The Balaban J connectivity index is 0.000000254. The Bertz CT molecular complexity index is 544. The maximum Gasteiger partial charge on any atom is 0.0942 e. The number of aliphatic hydroxyl groups excluding tert-OH is 2. The van der Waals surface area contributed by atoms with E-state index in [1.165, 1.54) is 0 Å². The Morgan fingerprint density at radius 1 is 0.833 bits per heavy atom. The van der Waals surface area contributed by atoms with Crippen LogP contribution < -0.4 is 0 Å². The minimum Gasteiger partial charge on any atom is -0.388 e. The maximum atomic E-state index is 10.0. The summed E-state index contributed by atoms with van der Waals surface area (Å²) >= 11 is 0. The third-order valence-electron chi connectivity index (χ3n) is 4.36. The lowest BCUT2D eigenvalue weighted by Crippen LogP contribution is -2.34. The van der Waals surface area contributed by atoms with Crippen molar-refractivity contribution in [2.24, 2.45) is 0 Å². The second-order valence-corrected chi connectivity index (χ2v) is 6.00. The summed E-state index contributed by atoms with van der Waals surface area (Å²) in [5, 5.41) is 19.4. The summed E-state index contributed by atoms with van der Waals surface area (Å²) in [6.07, 6.45) is 0.0895. The van der Waals surface area contributed by atoms with Crippen LogP contribution in [0.2, 0.25) is 0 Å². The lowest BCUT2D eigenvalue weighted by Gasteiger charge is -2.27. The van der Waals surface area contributed by atoms with Gasteiger partial charge in [-0.1, -0.05) is 74.5 Å². The number of hydrogen-bond acceptors (Lipinski definition) is 3. The molecule has 0 spiro atoms. The predicted molar refractivity (Wildman–Crippen MR) is 101 cm³/mol. The first kappa shape index (κ1) is 20.4. The summed E-state index contributed by atoms with van der Waals surface area (Å²) in [5.74, 6) is 0. The Hall–Kier alpha value is -1.68. The number of likely N-dealkylation sites (N-methyl/N-ethyl adjacent to an activating group) is 1. The summed E-state index contributed by atoms with van der Waals surface area (Å²) in [6.45, 7) is 7.05. The van der Waals surface area contributed by atoms with E-state index in [1.54, 1.807) is 0 Å². The number of hydrogen-bond donors (Lipinski definition) is 2. The fourth-order valence-corrected chi connectivity index (χ4v) is 2.37. The van der Waals surface area contributed by atoms with Crippen molar-refractivity contribution < 1.29 is 10.2 Å². The molecule has 132 valence electrons. The predicted octanol–water partition coefficient (Wildman–Crippen LogP) is 4.19. The van der Waals surface area contributed by atoms with Crippen molar-refractivity contribution in [2.45, 2.75) is 45.4 Å². The van der Waals surface area contributed by atoms with Gasteiger partial charge in [-0.2, -0.15) is 0 Å². The Morgan fingerprint density at radius 2 is 1.29 bits per heavy atom. The van der Waals surface area contributed by atoms with E-state index >= 15 is 0 Å². The Kier molecular flexibility index (Phi) is 9.31. The van der Waals surface area contributed by atoms with Gasteiger partial charge in [-0.05, 0) is 38.1 Å². The molecule has 0 aliphatic rings. The number of aliphatic hydroxyl groups is 2. The molecule has 0 aliphatic heterocycles. The molecule has 3 unspecified atom stereocenters. The van der Waals surface area contributed by atoms with Crippen molar-refractivity contribution in [2.75, 3.05) is 13.6 Å². The molecule has 0 fully saturated rings. The highest BCUT2D eigenvalue weighted by Gasteiger charge is 2.18. The number of nitrogens with zero attached hydrogens (tertiary/aromatic N) is 1. The van der Waals surface area contributed by atoms with E-state index in [4.69, 9.17) is 0 Å². The molecule has 3 heteroatoms. The molecule has 0 saturated carbocycles. The van der Waals surface area contributed by atoms with E-state index in [2.05, 4.69) is 11.8 Å². The van der Waals surface area contributed by atoms with Crippen LogP contribution in [0.3, 0.4) is 0 Å². The van der Waals surface area contributed by atoms with E-state index in [0.29, 0.717) is 0 Å². The molecule has 3 nitrogen and oxygen atoms in total. The molecule has 2 aromatic rings. The standard InChI is InChI=1S/C12H19NO.C9H12O/c1-4-13(3)10(2)12(14)11-8-6-5-7-9-11;1-2-9(10)8-6-4-3-5-7-8/h5-10,12,14H,4H2,1-3H3;3-7,9-10H,2H2,1H3. The van der Waals surface area contributed by atoms with Crippen LogP contribution in [0.25, 0.3) is 0 Å². The SMILES string of the molecule is CCC(O)c1ccccc1.CCN(C)C(C)C(O)c1ccccc1. The number of rotatable bonds is 6. The number of benzene rings is 2. The van der Waals surface area contributed by atoms with Crippen molar-refractivity contribution in [3.05, 3.63) is 71.8 Å². The average Bonchev–Trinajstić information content (AvgIpc) is 2.67. The molecule has 2 rings (SSSR count). The van der Waals surface area contributed by atoms with Gasteiger partial charge in [0.05, 0.1) is 12.2 Å². The highest BCUT2D eigenvalue weighted by molar-refractivity contribution is 5.18. The summed E-state index contributed by atoms with van der Waals surface area (Å²) < 4.78 is 0. The molecular formula is C21H31NO2. The van der Waals surface area contributed by atoms with E-state index in [0.717, 1.165) is 24.1 Å². The van der Waals surface area contributed by atoms with Gasteiger partial charge in [-0.25, -0.2) is 0 Å². The molecule has 3 atom stereocenters. The van der Waals surface area contributed by atoms with Gasteiger partial charge >= 0.3 is 0 Å². The lowest BCUT2D eigenvalue weighted by atomic mass is 10.0. The minimum absolute atomic E-state index is 0.155. The molecule has 0 amide bonds. The van der Waals surface area contributed by atoms with Crippen molar-refractivity contribution in [3.63, 3.8) is 0 Å². The van der Waals surface area contributed by atoms with Crippen LogP contribution in [0.1, 0.15) is 50.5 Å². The normalized spacial score (nSPS) is 14.5. The molecule has 2 aromatic carbocycles. The Labute approximate surface area is 146 Å². The Morgan fingerprint density at radius 3 is 1.71 bits per heavy atom. The molecule has 0 radical (unpaired) electrons. The van der Waals surface area contributed by atoms with Crippen LogP contribution in [0.15, 0.2) is 60.7 Å². The van der Waals surface area contributed by atoms with Crippen LogP contribution in [-0.2, 0) is 0 Å².